The van der Waals surface area contributed by atoms with Crippen molar-refractivity contribution < 1.29 is 14.6 Å². The Morgan fingerprint density at radius 2 is 2.04 bits per heavy atom. The van der Waals surface area contributed by atoms with Gasteiger partial charge in [-0.15, -0.1) is 0 Å². The summed E-state index contributed by atoms with van der Waals surface area (Å²) in [7, 11) is 0. The van der Waals surface area contributed by atoms with Crippen LogP contribution in [0.4, 0.5) is 0 Å². The monoisotopic (exact) mass is 367 g/mol. The zero-order valence-electron chi connectivity index (χ0n) is 13.9. The fourth-order valence-electron chi connectivity index (χ4n) is 2.31. The Bertz CT molecular complexity index is 1010. The number of nitrogens with one attached hydrogen (secondary N) is 1. The van der Waals surface area contributed by atoms with E-state index in [-0.39, 0.29) is 0 Å². The largest absolute Gasteiger partial charge is 0.546 e. The predicted molar refractivity (Wildman–Crippen MR) is 97.5 cm³/mol. The summed E-state index contributed by atoms with van der Waals surface area (Å²) < 4.78 is 6.98. The van der Waals surface area contributed by atoms with Gasteiger partial charge in [-0.3, -0.25) is 0 Å². The molecule has 0 bridgehead atoms. The Morgan fingerprint density at radius 3 is 2.73 bits per heavy atom. The topological polar surface area (TPSA) is 95.3 Å². The highest BCUT2D eigenvalue weighted by molar-refractivity contribution is 7.71. The van der Waals surface area contributed by atoms with E-state index in [1.807, 2.05) is 31.2 Å². The third-order valence-corrected chi connectivity index (χ3v) is 3.86. The van der Waals surface area contributed by atoms with Crippen LogP contribution in [0.1, 0.15) is 11.1 Å². The first kappa shape index (κ1) is 17.6. The highest BCUT2D eigenvalue weighted by Gasteiger charge is 2.09. The molecule has 3 rings (SSSR count). The SMILES string of the molecule is Cc1ccccc1-c1n[nH]c(=S)n1/N=C\c1ccc(OCC(=O)[O-])cc1. The number of aliphatic carboxylic acids is 1. The second kappa shape index (κ2) is 7.75. The van der Waals surface area contributed by atoms with Crippen molar-refractivity contribution >= 4 is 24.4 Å². The van der Waals surface area contributed by atoms with Crippen LogP contribution >= 0.6 is 12.2 Å². The van der Waals surface area contributed by atoms with Crippen LogP contribution in [0.15, 0.2) is 53.6 Å². The minimum Gasteiger partial charge on any atom is -0.546 e. The Balaban J connectivity index is 1.83. The normalized spacial score (nSPS) is 11.0. The van der Waals surface area contributed by atoms with Crippen molar-refractivity contribution in [3.8, 4) is 17.1 Å². The summed E-state index contributed by atoms with van der Waals surface area (Å²) in [6, 6.07) is 14.7. The van der Waals surface area contributed by atoms with Crippen LogP contribution < -0.4 is 9.84 Å². The number of hydrogen-bond donors (Lipinski definition) is 1. The predicted octanol–water partition coefficient (Wildman–Crippen LogP) is 1.93. The van der Waals surface area contributed by atoms with Crippen molar-refractivity contribution in [1.82, 2.24) is 14.9 Å². The Labute approximate surface area is 154 Å². The molecule has 0 radical (unpaired) electrons. The number of hydrogen-bond acceptors (Lipinski definition) is 6. The fourth-order valence-corrected chi connectivity index (χ4v) is 2.49. The lowest BCUT2D eigenvalue weighted by Gasteiger charge is -2.06. The first-order chi connectivity index (χ1) is 12.5. The van der Waals surface area contributed by atoms with E-state index < -0.39 is 12.6 Å². The molecular weight excluding hydrogens is 352 g/mol. The van der Waals surface area contributed by atoms with Crippen LogP contribution in [-0.2, 0) is 4.79 Å². The second-order valence-corrected chi connectivity index (χ2v) is 5.84. The molecule has 1 heterocycles. The van der Waals surface area contributed by atoms with Crippen LogP contribution in [0, 0.1) is 11.7 Å². The van der Waals surface area contributed by atoms with E-state index in [0.717, 1.165) is 16.7 Å². The molecule has 0 aliphatic rings. The highest BCUT2D eigenvalue weighted by Crippen LogP contribution is 2.21. The standard InChI is InChI=1S/C18H16N4O3S/c1-12-4-2-3-5-15(12)17-20-21-18(26)22(17)19-10-13-6-8-14(9-7-13)25-11-16(23)24/h2-10H,11H2,1H3,(H,21,26)(H,23,24)/p-1/b19-10-. The molecule has 7 nitrogen and oxygen atoms in total. The number of aromatic nitrogens is 3. The molecule has 1 N–H and O–H groups in total. The molecule has 26 heavy (non-hydrogen) atoms. The molecule has 0 amide bonds. The van der Waals surface area contributed by atoms with Gasteiger partial charge >= 0.3 is 0 Å². The Morgan fingerprint density at radius 1 is 1.31 bits per heavy atom. The van der Waals surface area contributed by atoms with Crippen LogP contribution in [0.25, 0.3) is 11.4 Å². The van der Waals surface area contributed by atoms with E-state index in [1.54, 1.807) is 35.2 Å². The third kappa shape index (κ3) is 4.04. The number of nitrogens with zero attached hydrogens (tertiary/aromatic N) is 3. The maximum absolute atomic E-state index is 10.4. The molecule has 8 heteroatoms. The number of carboxylic acids is 1. The summed E-state index contributed by atoms with van der Waals surface area (Å²) >= 11 is 5.26. The van der Waals surface area contributed by atoms with E-state index in [9.17, 15) is 9.90 Å². The van der Waals surface area contributed by atoms with Gasteiger partial charge in [0.15, 0.2) is 5.82 Å². The van der Waals surface area contributed by atoms with Crippen molar-refractivity contribution in [2.75, 3.05) is 6.61 Å². The molecule has 0 saturated heterocycles. The number of carbonyl (C=O) groups is 1. The van der Waals surface area contributed by atoms with E-state index in [2.05, 4.69) is 15.3 Å². The van der Waals surface area contributed by atoms with Gasteiger partial charge in [-0.25, -0.2) is 5.10 Å². The summed E-state index contributed by atoms with van der Waals surface area (Å²) in [6.45, 7) is 1.50. The zero-order valence-corrected chi connectivity index (χ0v) is 14.7. The molecular formula is C18H15N4O3S-. The average Bonchev–Trinajstić information content (AvgIpc) is 3.00. The summed E-state index contributed by atoms with van der Waals surface area (Å²) in [4.78, 5) is 10.4. The number of carbonyl (C=O) groups excluding carboxylic acids is 1. The minimum atomic E-state index is -1.27. The molecule has 2 aromatic carbocycles. The lowest BCUT2D eigenvalue weighted by molar-refractivity contribution is -0.307. The van der Waals surface area contributed by atoms with Crippen molar-refractivity contribution in [3.05, 3.63) is 64.4 Å². The number of aromatic amines is 1. The summed E-state index contributed by atoms with van der Waals surface area (Å²) in [5.41, 5.74) is 2.79. The highest BCUT2D eigenvalue weighted by atomic mass is 32.1. The van der Waals surface area contributed by atoms with Gasteiger partial charge in [0.1, 0.15) is 12.4 Å². The first-order valence-electron chi connectivity index (χ1n) is 7.75. The van der Waals surface area contributed by atoms with Gasteiger partial charge in [0, 0.05) is 5.56 Å². The lowest BCUT2D eigenvalue weighted by atomic mass is 10.1. The third-order valence-electron chi connectivity index (χ3n) is 3.60. The number of rotatable bonds is 6. The lowest BCUT2D eigenvalue weighted by Crippen LogP contribution is -2.28. The number of benzene rings is 2. The number of ether oxygens (including phenoxy) is 1. The van der Waals surface area contributed by atoms with Gasteiger partial charge in [0.05, 0.1) is 12.2 Å². The smallest absolute Gasteiger partial charge is 0.216 e. The molecule has 0 spiro atoms. The number of H-pyrrole nitrogens is 1. The van der Waals surface area contributed by atoms with E-state index >= 15 is 0 Å². The van der Waals surface area contributed by atoms with Gasteiger partial charge in [-0.2, -0.15) is 14.9 Å². The molecule has 3 aromatic rings. The minimum absolute atomic E-state index is 0.383. The van der Waals surface area contributed by atoms with Crippen molar-refractivity contribution in [1.29, 1.82) is 0 Å². The molecule has 0 saturated carbocycles. The molecule has 0 atom stereocenters. The van der Waals surface area contributed by atoms with Crippen molar-refractivity contribution in [3.63, 3.8) is 0 Å². The van der Waals surface area contributed by atoms with Crippen LogP contribution in [0.2, 0.25) is 0 Å². The Kier molecular flexibility index (Phi) is 5.23. The van der Waals surface area contributed by atoms with E-state index in [1.165, 1.54) is 0 Å². The van der Waals surface area contributed by atoms with Crippen LogP contribution in [0.5, 0.6) is 5.75 Å². The van der Waals surface area contributed by atoms with Crippen LogP contribution in [-0.4, -0.2) is 33.7 Å². The summed E-state index contributed by atoms with van der Waals surface area (Å²) in [5, 5.41) is 21.8. The van der Waals surface area contributed by atoms with Crippen molar-refractivity contribution in [2.24, 2.45) is 5.10 Å². The summed E-state index contributed by atoms with van der Waals surface area (Å²) in [5.74, 6) is -0.209. The molecule has 1 aromatic heterocycles. The maximum atomic E-state index is 10.4. The van der Waals surface area contributed by atoms with Crippen LogP contribution in [0.3, 0.4) is 0 Å². The van der Waals surface area contributed by atoms with E-state index in [4.69, 9.17) is 17.0 Å². The second-order valence-electron chi connectivity index (χ2n) is 5.45. The maximum Gasteiger partial charge on any atom is 0.216 e. The van der Waals surface area contributed by atoms with Gasteiger partial charge in [0.2, 0.25) is 4.77 Å². The fraction of sp³-hybridized carbons (Fsp3) is 0.111. The Hall–Kier alpha value is -3.26. The average molecular weight is 367 g/mol. The molecule has 0 fully saturated rings. The number of aryl methyl sites for hydroxylation is 1. The van der Waals surface area contributed by atoms with Gasteiger partial charge in [-0.1, -0.05) is 24.3 Å². The molecule has 0 aliphatic heterocycles. The van der Waals surface area contributed by atoms with Gasteiger partial charge in [-0.05, 0) is 54.5 Å². The quantitative estimate of drug-likeness (QED) is 0.530. The summed E-state index contributed by atoms with van der Waals surface area (Å²) in [6.07, 6.45) is 1.63. The van der Waals surface area contributed by atoms with E-state index in [0.29, 0.717) is 16.3 Å². The van der Waals surface area contributed by atoms with Crippen molar-refractivity contribution in [2.45, 2.75) is 6.92 Å². The number of carboxylic acid groups (broad SMARTS) is 1. The zero-order chi connectivity index (χ0) is 18.5. The molecule has 0 unspecified atom stereocenters. The first-order valence-corrected chi connectivity index (χ1v) is 8.16. The molecule has 132 valence electrons. The van der Waals surface area contributed by atoms with Gasteiger partial charge < -0.3 is 14.6 Å². The van der Waals surface area contributed by atoms with Gasteiger partial charge in [0.25, 0.3) is 0 Å². The molecule has 0 aliphatic carbocycles.